The molecule has 0 heterocycles. The minimum atomic E-state index is -2.54. The van der Waals surface area contributed by atoms with Crippen LogP contribution >= 0.6 is 0 Å². The molecule has 2 N–H and O–H groups in total. The van der Waals surface area contributed by atoms with Crippen molar-refractivity contribution >= 4 is 12.2 Å². The van der Waals surface area contributed by atoms with Crippen LogP contribution in [0.3, 0.4) is 0 Å². The molecule has 3 aromatic rings. The topological polar surface area (TPSA) is 42.5 Å². The lowest BCUT2D eigenvalue weighted by Gasteiger charge is -2.08. The van der Waals surface area contributed by atoms with Gasteiger partial charge in [-0.2, -0.15) is 0 Å². The highest BCUT2D eigenvalue weighted by Gasteiger charge is 2.14. The van der Waals surface area contributed by atoms with Gasteiger partial charge in [0.1, 0.15) is 11.5 Å². The largest absolute Gasteiger partial charge is 0.496 e. The molecule has 0 spiro atoms. The van der Waals surface area contributed by atoms with E-state index < -0.39 is 12.9 Å². The van der Waals surface area contributed by atoms with Crippen molar-refractivity contribution in [1.29, 1.82) is 0 Å². The smallest absolute Gasteiger partial charge is 0.267 e. The maximum Gasteiger partial charge on any atom is 0.267 e. The molecule has 0 radical (unpaired) electrons. The molecule has 0 saturated carbocycles. The fourth-order valence-electron chi connectivity index (χ4n) is 4.08. The molecule has 3 rings (SSSR count). The molecular formula is C35H44F4N2O2. The molecule has 0 amide bonds. The summed E-state index contributed by atoms with van der Waals surface area (Å²) in [5.74, 6) is 1.13. The van der Waals surface area contributed by atoms with Crippen LogP contribution in [0, 0.1) is 5.92 Å². The molecule has 0 aliphatic rings. The molecule has 0 unspecified atom stereocenters. The van der Waals surface area contributed by atoms with Gasteiger partial charge in [0.25, 0.3) is 12.9 Å². The van der Waals surface area contributed by atoms with Gasteiger partial charge in [0.05, 0.1) is 25.3 Å². The Morgan fingerprint density at radius 3 is 1.60 bits per heavy atom. The average molecular weight is 601 g/mol. The van der Waals surface area contributed by atoms with Crippen LogP contribution in [0.15, 0.2) is 78.9 Å². The van der Waals surface area contributed by atoms with Gasteiger partial charge in [-0.25, -0.2) is 17.6 Å². The van der Waals surface area contributed by atoms with E-state index in [1.54, 1.807) is 24.3 Å². The van der Waals surface area contributed by atoms with Crippen LogP contribution in [0.25, 0.3) is 12.2 Å². The summed E-state index contributed by atoms with van der Waals surface area (Å²) < 4.78 is 61.4. The van der Waals surface area contributed by atoms with E-state index in [9.17, 15) is 17.6 Å². The van der Waals surface area contributed by atoms with Gasteiger partial charge in [0, 0.05) is 13.1 Å². The second kappa shape index (κ2) is 20.3. The molecule has 234 valence electrons. The fraction of sp³-hybridized carbons (Fsp3) is 0.371. The van der Waals surface area contributed by atoms with Crippen molar-refractivity contribution in [3.63, 3.8) is 0 Å². The summed E-state index contributed by atoms with van der Waals surface area (Å²) in [7, 11) is 2.79. The SMILES string of the molecule is COc1ccc(C=CCNCCC(C)C)cc1C(F)F.COc1ccc(C=CCNCCc2ccccc2)cc1C(F)F. The van der Waals surface area contributed by atoms with Crippen LogP contribution in [-0.4, -0.2) is 40.4 Å². The molecule has 3 aromatic carbocycles. The Labute approximate surface area is 253 Å². The molecule has 0 saturated heterocycles. The molecule has 0 aromatic heterocycles. The zero-order chi connectivity index (χ0) is 31.5. The Bertz CT molecular complexity index is 1250. The van der Waals surface area contributed by atoms with Crippen molar-refractivity contribution in [2.45, 2.75) is 39.5 Å². The summed E-state index contributed by atoms with van der Waals surface area (Å²) in [4.78, 5) is 0. The molecule has 4 nitrogen and oxygen atoms in total. The third-order valence-electron chi connectivity index (χ3n) is 6.45. The van der Waals surface area contributed by atoms with Gasteiger partial charge in [0.2, 0.25) is 0 Å². The molecule has 8 heteroatoms. The van der Waals surface area contributed by atoms with Gasteiger partial charge < -0.3 is 20.1 Å². The van der Waals surface area contributed by atoms with Crippen molar-refractivity contribution in [1.82, 2.24) is 10.6 Å². The number of hydrogen-bond acceptors (Lipinski definition) is 4. The molecule has 43 heavy (non-hydrogen) atoms. The van der Waals surface area contributed by atoms with E-state index in [-0.39, 0.29) is 22.6 Å². The Morgan fingerprint density at radius 1 is 0.674 bits per heavy atom. The van der Waals surface area contributed by atoms with E-state index in [1.807, 2.05) is 42.5 Å². The van der Waals surface area contributed by atoms with Gasteiger partial charge in [-0.3, -0.25) is 0 Å². The van der Waals surface area contributed by atoms with Crippen LogP contribution in [0.4, 0.5) is 17.6 Å². The normalized spacial score (nSPS) is 11.5. The quantitative estimate of drug-likeness (QED) is 0.127. The highest BCUT2D eigenvalue weighted by atomic mass is 19.3. The lowest BCUT2D eigenvalue weighted by molar-refractivity contribution is 0.146. The van der Waals surface area contributed by atoms with Gasteiger partial charge in [0.15, 0.2) is 0 Å². The van der Waals surface area contributed by atoms with Crippen LogP contribution in [0.5, 0.6) is 11.5 Å². The Hall–Kier alpha value is -3.62. The van der Waals surface area contributed by atoms with Crippen LogP contribution < -0.4 is 20.1 Å². The van der Waals surface area contributed by atoms with Crippen molar-refractivity contribution in [3.8, 4) is 11.5 Å². The summed E-state index contributed by atoms with van der Waals surface area (Å²) in [6.45, 7) is 7.64. The Balaban J connectivity index is 0.000000304. The van der Waals surface area contributed by atoms with E-state index in [0.29, 0.717) is 12.5 Å². The maximum absolute atomic E-state index is 12.9. The number of ether oxygens (including phenoxy) is 2. The zero-order valence-corrected chi connectivity index (χ0v) is 25.5. The standard InChI is InChI=1S/C19H21F2NO.C16H23F2NO/c1-23-18-10-9-16(14-17(18)19(20)21)8-5-12-22-13-11-15-6-3-2-4-7-15;1-12(2)8-10-19-9-4-5-13-6-7-15(20-3)14(11-13)16(17)18/h2-10,14,19,22H,11-13H2,1H3;4-7,11-12,16,19H,8-10H2,1-3H3. The first-order chi connectivity index (χ1) is 20.7. The highest BCUT2D eigenvalue weighted by Crippen LogP contribution is 2.31. The van der Waals surface area contributed by atoms with Gasteiger partial charge >= 0.3 is 0 Å². The van der Waals surface area contributed by atoms with Crippen molar-refractivity contribution in [2.75, 3.05) is 40.4 Å². The summed E-state index contributed by atoms with van der Waals surface area (Å²) >= 11 is 0. The molecule has 0 bridgehead atoms. The first-order valence-corrected chi connectivity index (χ1v) is 14.5. The third kappa shape index (κ3) is 13.9. The number of hydrogen-bond donors (Lipinski definition) is 2. The summed E-state index contributed by atoms with van der Waals surface area (Å²) in [6, 6.07) is 19.9. The fourth-order valence-corrected chi connectivity index (χ4v) is 4.08. The van der Waals surface area contributed by atoms with E-state index in [0.717, 1.165) is 43.6 Å². The van der Waals surface area contributed by atoms with E-state index >= 15 is 0 Å². The lowest BCUT2D eigenvalue weighted by atomic mass is 10.1. The number of nitrogens with one attached hydrogen (secondary N) is 2. The number of alkyl halides is 4. The molecule has 0 aliphatic carbocycles. The minimum absolute atomic E-state index is 0.0672. The number of methoxy groups -OCH3 is 2. The second-order valence-electron chi connectivity index (χ2n) is 10.2. The van der Waals surface area contributed by atoms with Gasteiger partial charge in [-0.05, 0) is 72.8 Å². The maximum atomic E-state index is 12.9. The van der Waals surface area contributed by atoms with Crippen LogP contribution in [0.1, 0.15) is 60.9 Å². The van der Waals surface area contributed by atoms with Crippen molar-refractivity contribution < 1.29 is 27.0 Å². The Morgan fingerprint density at radius 2 is 1.16 bits per heavy atom. The number of halogens is 4. The summed E-state index contributed by atoms with van der Waals surface area (Å²) in [5.41, 5.74) is 2.65. The van der Waals surface area contributed by atoms with Gasteiger partial charge in [-0.1, -0.05) is 80.6 Å². The summed E-state index contributed by atoms with van der Waals surface area (Å²) in [5, 5.41) is 6.59. The Kier molecular flexibility index (Phi) is 16.8. The first-order valence-electron chi connectivity index (χ1n) is 14.5. The predicted molar refractivity (Wildman–Crippen MR) is 169 cm³/mol. The highest BCUT2D eigenvalue weighted by molar-refractivity contribution is 5.54. The summed E-state index contributed by atoms with van der Waals surface area (Å²) in [6.07, 6.45) is 4.58. The second-order valence-corrected chi connectivity index (χ2v) is 10.2. The zero-order valence-electron chi connectivity index (χ0n) is 25.5. The molecule has 0 aliphatic heterocycles. The molecule has 0 fully saturated rings. The van der Waals surface area contributed by atoms with Crippen LogP contribution in [-0.2, 0) is 6.42 Å². The number of benzene rings is 3. The monoisotopic (exact) mass is 600 g/mol. The van der Waals surface area contributed by atoms with E-state index in [1.165, 1.54) is 31.9 Å². The minimum Gasteiger partial charge on any atom is -0.496 e. The predicted octanol–water partition coefficient (Wildman–Crippen LogP) is 8.76. The van der Waals surface area contributed by atoms with Gasteiger partial charge in [-0.15, -0.1) is 0 Å². The average Bonchev–Trinajstić information content (AvgIpc) is 3.01. The van der Waals surface area contributed by atoms with Crippen molar-refractivity contribution in [2.24, 2.45) is 5.92 Å². The third-order valence-corrected chi connectivity index (χ3v) is 6.45. The lowest BCUT2D eigenvalue weighted by Crippen LogP contribution is -2.16. The number of rotatable bonds is 16. The van der Waals surface area contributed by atoms with Crippen LogP contribution in [0.2, 0.25) is 0 Å². The van der Waals surface area contributed by atoms with E-state index in [2.05, 4.69) is 36.6 Å². The molecular weight excluding hydrogens is 556 g/mol. The van der Waals surface area contributed by atoms with E-state index in [4.69, 9.17) is 9.47 Å². The molecule has 0 atom stereocenters. The van der Waals surface area contributed by atoms with Crippen molar-refractivity contribution in [3.05, 3.63) is 107 Å². The first kappa shape index (κ1) is 35.6.